The van der Waals surface area contributed by atoms with Gasteiger partial charge in [0.1, 0.15) is 0 Å². The minimum Gasteiger partial charge on any atom is -0.465 e. The molecule has 0 spiro atoms. The van der Waals surface area contributed by atoms with Crippen molar-refractivity contribution in [3.63, 3.8) is 0 Å². The molecule has 84 valence electrons. The first-order valence-electron chi connectivity index (χ1n) is 5.74. The number of hydrogen-bond acceptors (Lipinski definition) is 2. The quantitative estimate of drug-likeness (QED) is 0.589. The summed E-state index contributed by atoms with van der Waals surface area (Å²) < 4.78 is 5.17. The second kappa shape index (κ2) is 7.84. The fourth-order valence-corrected chi connectivity index (χ4v) is 1.17. The van der Waals surface area contributed by atoms with Gasteiger partial charge in [-0.2, -0.15) is 0 Å². The average molecular weight is 200 g/mol. The van der Waals surface area contributed by atoms with Crippen LogP contribution in [-0.4, -0.2) is 12.6 Å². The maximum absolute atomic E-state index is 11.4. The standard InChI is InChI=1S/C12H24O2/c1-5-6-7-11(4)12(13)14-9-8-10(2)3/h10-11H,5-9H2,1-4H3. The van der Waals surface area contributed by atoms with Crippen molar-refractivity contribution in [2.45, 2.75) is 53.4 Å². The van der Waals surface area contributed by atoms with E-state index in [0.29, 0.717) is 12.5 Å². The summed E-state index contributed by atoms with van der Waals surface area (Å²) in [7, 11) is 0. The molecule has 0 saturated carbocycles. The summed E-state index contributed by atoms with van der Waals surface area (Å²) in [5, 5.41) is 0. The summed E-state index contributed by atoms with van der Waals surface area (Å²) in [6.07, 6.45) is 4.17. The molecule has 0 N–H and O–H groups in total. The molecular formula is C12H24O2. The van der Waals surface area contributed by atoms with Crippen molar-refractivity contribution in [1.82, 2.24) is 0 Å². The van der Waals surface area contributed by atoms with Crippen LogP contribution in [-0.2, 0) is 9.53 Å². The molecule has 0 aliphatic heterocycles. The molecule has 1 unspecified atom stereocenters. The molecule has 0 aromatic rings. The van der Waals surface area contributed by atoms with E-state index in [1.54, 1.807) is 0 Å². The van der Waals surface area contributed by atoms with Crippen LogP contribution in [0.3, 0.4) is 0 Å². The van der Waals surface area contributed by atoms with Gasteiger partial charge in [0.2, 0.25) is 0 Å². The van der Waals surface area contributed by atoms with Crippen molar-refractivity contribution in [3.05, 3.63) is 0 Å². The van der Waals surface area contributed by atoms with E-state index >= 15 is 0 Å². The maximum atomic E-state index is 11.4. The van der Waals surface area contributed by atoms with Gasteiger partial charge >= 0.3 is 5.97 Å². The minimum atomic E-state index is -0.0286. The highest BCUT2D eigenvalue weighted by molar-refractivity contribution is 5.71. The van der Waals surface area contributed by atoms with Crippen LogP contribution in [0.1, 0.15) is 53.4 Å². The number of carbonyl (C=O) groups excluding carboxylic acids is 1. The lowest BCUT2D eigenvalue weighted by molar-refractivity contribution is -0.148. The van der Waals surface area contributed by atoms with E-state index in [1.807, 2.05) is 6.92 Å². The molecule has 0 radical (unpaired) electrons. The second-order valence-corrected chi connectivity index (χ2v) is 4.39. The Balaban J connectivity index is 3.52. The Morgan fingerprint density at radius 1 is 1.21 bits per heavy atom. The molecule has 0 aromatic heterocycles. The number of unbranched alkanes of at least 4 members (excludes halogenated alkanes) is 1. The number of rotatable bonds is 7. The Labute approximate surface area is 88.0 Å². The van der Waals surface area contributed by atoms with E-state index in [1.165, 1.54) is 0 Å². The zero-order valence-electron chi connectivity index (χ0n) is 10.0. The molecular weight excluding hydrogens is 176 g/mol. The van der Waals surface area contributed by atoms with Gasteiger partial charge in [-0.15, -0.1) is 0 Å². The molecule has 2 heteroatoms. The number of hydrogen-bond donors (Lipinski definition) is 0. The Morgan fingerprint density at radius 3 is 2.36 bits per heavy atom. The molecule has 0 rings (SSSR count). The summed E-state index contributed by atoms with van der Waals surface area (Å²) in [4.78, 5) is 11.4. The van der Waals surface area contributed by atoms with Crippen LogP contribution < -0.4 is 0 Å². The summed E-state index contributed by atoms with van der Waals surface area (Å²) in [6.45, 7) is 8.93. The normalized spacial score (nSPS) is 12.9. The van der Waals surface area contributed by atoms with Gasteiger partial charge in [0, 0.05) is 0 Å². The lowest BCUT2D eigenvalue weighted by Gasteiger charge is -2.11. The predicted molar refractivity (Wildman–Crippen MR) is 59.1 cm³/mol. The van der Waals surface area contributed by atoms with Crippen LogP contribution in [0.4, 0.5) is 0 Å². The van der Waals surface area contributed by atoms with Crippen LogP contribution in [0.2, 0.25) is 0 Å². The van der Waals surface area contributed by atoms with Crippen LogP contribution in [0, 0.1) is 11.8 Å². The highest BCUT2D eigenvalue weighted by atomic mass is 16.5. The SMILES string of the molecule is CCCCC(C)C(=O)OCCC(C)C. The van der Waals surface area contributed by atoms with Crippen molar-refractivity contribution in [2.24, 2.45) is 11.8 Å². The number of carbonyl (C=O) groups is 1. The van der Waals surface area contributed by atoms with Gasteiger partial charge < -0.3 is 4.74 Å². The average Bonchev–Trinajstić information content (AvgIpc) is 2.13. The molecule has 0 bridgehead atoms. The predicted octanol–water partition coefficient (Wildman–Crippen LogP) is 3.40. The Morgan fingerprint density at radius 2 is 1.86 bits per heavy atom. The number of esters is 1. The highest BCUT2D eigenvalue weighted by Gasteiger charge is 2.13. The Bertz CT molecular complexity index is 152. The summed E-state index contributed by atoms with van der Waals surface area (Å²) in [5.74, 6) is 0.648. The van der Waals surface area contributed by atoms with Gasteiger partial charge in [-0.25, -0.2) is 0 Å². The molecule has 0 aromatic carbocycles. The van der Waals surface area contributed by atoms with E-state index in [0.717, 1.165) is 25.7 Å². The smallest absolute Gasteiger partial charge is 0.308 e. The van der Waals surface area contributed by atoms with Crippen molar-refractivity contribution in [1.29, 1.82) is 0 Å². The van der Waals surface area contributed by atoms with E-state index in [-0.39, 0.29) is 11.9 Å². The second-order valence-electron chi connectivity index (χ2n) is 4.39. The molecule has 0 aliphatic carbocycles. The zero-order valence-corrected chi connectivity index (χ0v) is 10.0. The van der Waals surface area contributed by atoms with Crippen molar-refractivity contribution in [3.8, 4) is 0 Å². The molecule has 0 saturated heterocycles. The topological polar surface area (TPSA) is 26.3 Å². The van der Waals surface area contributed by atoms with E-state index in [4.69, 9.17) is 4.74 Å². The Hall–Kier alpha value is -0.530. The van der Waals surface area contributed by atoms with Crippen molar-refractivity contribution < 1.29 is 9.53 Å². The highest BCUT2D eigenvalue weighted by Crippen LogP contribution is 2.10. The zero-order chi connectivity index (χ0) is 11.0. The molecule has 0 heterocycles. The van der Waals surface area contributed by atoms with Crippen LogP contribution in [0.25, 0.3) is 0 Å². The van der Waals surface area contributed by atoms with Crippen molar-refractivity contribution in [2.75, 3.05) is 6.61 Å². The summed E-state index contributed by atoms with van der Waals surface area (Å²) in [6, 6.07) is 0. The molecule has 0 aliphatic rings. The van der Waals surface area contributed by atoms with Gasteiger partial charge in [0.05, 0.1) is 12.5 Å². The fraction of sp³-hybridized carbons (Fsp3) is 0.917. The van der Waals surface area contributed by atoms with E-state index in [9.17, 15) is 4.79 Å². The monoisotopic (exact) mass is 200 g/mol. The summed E-state index contributed by atoms with van der Waals surface area (Å²) in [5.41, 5.74) is 0. The first kappa shape index (κ1) is 13.5. The fourth-order valence-electron chi connectivity index (χ4n) is 1.17. The van der Waals surface area contributed by atoms with Gasteiger partial charge in [0.15, 0.2) is 0 Å². The number of ether oxygens (including phenoxy) is 1. The van der Waals surface area contributed by atoms with Crippen LogP contribution in [0.5, 0.6) is 0 Å². The third-order valence-corrected chi connectivity index (χ3v) is 2.33. The molecule has 1 atom stereocenters. The maximum Gasteiger partial charge on any atom is 0.308 e. The first-order valence-corrected chi connectivity index (χ1v) is 5.74. The molecule has 14 heavy (non-hydrogen) atoms. The van der Waals surface area contributed by atoms with Gasteiger partial charge in [0.25, 0.3) is 0 Å². The van der Waals surface area contributed by atoms with Gasteiger partial charge in [-0.1, -0.05) is 40.5 Å². The van der Waals surface area contributed by atoms with Crippen LogP contribution >= 0.6 is 0 Å². The minimum absolute atomic E-state index is 0.0286. The molecule has 0 amide bonds. The molecule has 0 fully saturated rings. The lowest BCUT2D eigenvalue weighted by Crippen LogP contribution is -2.16. The third kappa shape index (κ3) is 6.93. The van der Waals surface area contributed by atoms with E-state index in [2.05, 4.69) is 20.8 Å². The largest absolute Gasteiger partial charge is 0.465 e. The van der Waals surface area contributed by atoms with Crippen molar-refractivity contribution >= 4 is 5.97 Å². The third-order valence-electron chi connectivity index (χ3n) is 2.33. The first-order chi connectivity index (χ1) is 6.57. The van der Waals surface area contributed by atoms with Gasteiger partial charge in [-0.05, 0) is 18.8 Å². The molecule has 2 nitrogen and oxygen atoms in total. The lowest BCUT2D eigenvalue weighted by atomic mass is 10.1. The van der Waals surface area contributed by atoms with E-state index < -0.39 is 0 Å². The summed E-state index contributed by atoms with van der Waals surface area (Å²) >= 11 is 0. The van der Waals surface area contributed by atoms with Crippen LogP contribution in [0.15, 0.2) is 0 Å². The Kier molecular flexibility index (Phi) is 7.54. The van der Waals surface area contributed by atoms with Gasteiger partial charge in [-0.3, -0.25) is 4.79 Å².